The number of carbonyl (C=O) groups is 2. The highest BCUT2D eigenvalue weighted by Gasteiger charge is 2.18. The van der Waals surface area contributed by atoms with Gasteiger partial charge in [-0.1, -0.05) is 0 Å². The van der Waals surface area contributed by atoms with Crippen molar-refractivity contribution in [2.45, 2.75) is 19.5 Å². The van der Waals surface area contributed by atoms with Gasteiger partial charge in [0.1, 0.15) is 11.5 Å². The van der Waals surface area contributed by atoms with E-state index in [4.69, 9.17) is 0 Å². The van der Waals surface area contributed by atoms with Crippen LogP contribution in [0.25, 0.3) is 0 Å². The molecule has 2 rings (SSSR count). The smallest absolute Gasteiger partial charge is 0.387 e. The molecule has 2 N–H and O–H groups in total. The van der Waals surface area contributed by atoms with Crippen LogP contribution in [0, 0.1) is 0 Å². The van der Waals surface area contributed by atoms with E-state index in [0.29, 0.717) is 5.69 Å². The highest BCUT2D eigenvalue weighted by molar-refractivity contribution is 6.43. The molecule has 0 radical (unpaired) electrons. The second-order valence-electron chi connectivity index (χ2n) is 3.95. The van der Waals surface area contributed by atoms with Crippen LogP contribution in [0.1, 0.15) is 12.8 Å². The predicted molar refractivity (Wildman–Crippen MR) is 66.5 cm³/mol. The molecule has 0 atom stereocenters. The molecule has 1 aliphatic heterocycles. The third kappa shape index (κ3) is 3.74. The Morgan fingerprint density at radius 1 is 1.30 bits per heavy atom. The summed E-state index contributed by atoms with van der Waals surface area (Å²) < 4.78 is 28.1. The molecule has 0 unspecified atom stereocenters. The molecule has 0 aromatic heterocycles. The van der Waals surface area contributed by atoms with Gasteiger partial charge in [-0.05, 0) is 24.3 Å². The van der Waals surface area contributed by atoms with E-state index < -0.39 is 12.5 Å². The summed E-state index contributed by atoms with van der Waals surface area (Å²) >= 11 is 0. The summed E-state index contributed by atoms with van der Waals surface area (Å²) in [6.45, 7) is -2.89. The van der Waals surface area contributed by atoms with Gasteiger partial charge in [0.15, 0.2) is 0 Å². The minimum atomic E-state index is -2.89. The molecule has 0 fully saturated rings. The Hall–Kier alpha value is -2.51. The molecule has 1 aromatic rings. The summed E-state index contributed by atoms with van der Waals surface area (Å²) in [4.78, 5) is 22.7. The van der Waals surface area contributed by atoms with Crippen LogP contribution in [0.5, 0.6) is 5.75 Å². The van der Waals surface area contributed by atoms with E-state index in [-0.39, 0.29) is 30.2 Å². The largest absolute Gasteiger partial charge is 0.435 e. The molecule has 2 amide bonds. The molecule has 0 saturated carbocycles. The molecule has 1 heterocycles. The first-order valence-electron chi connectivity index (χ1n) is 5.76. The Labute approximate surface area is 112 Å². The number of rotatable bonds is 4. The number of anilines is 1. The third-order valence-electron chi connectivity index (χ3n) is 2.50. The van der Waals surface area contributed by atoms with Gasteiger partial charge in [0.25, 0.3) is 5.91 Å². The lowest BCUT2D eigenvalue weighted by atomic mass is 10.1. The van der Waals surface area contributed by atoms with E-state index in [1.54, 1.807) is 0 Å². The average molecular weight is 283 g/mol. The number of nitrogens with one attached hydrogen (secondary N) is 2. The molecule has 8 heteroatoms. The van der Waals surface area contributed by atoms with Crippen LogP contribution < -0.4 is 15.5 Å². The zero-order chi connectivity index (χ0) is 14.5. The van der Waals surface area contributed by atoms with Crippen molar-refractivity contribution in [1.82, 2.24) is 5.43 Å². The Morgan fingerprint density at radius 3 is 2.55 bits per heavy atom. The summed E-state index contributed by atoms with van der Waals surface area (Å²) in [5, 5.41) is 6.19. The van der Waals surface area contributed by atoms with Crippen molar-refractivity contribution in [3.05, 3.63) is 24.3 Å². The van der Waals surface area contributed by atoms with Crippen molar-refractivity contribution in [1.29, 1.82) is 0 Å². The second-order valence-corrected chi connectivity index (χ2v) is 3.95. The van der Waals surface area contributed by atoms with Crippen molar-refractivity contribution in [2.24, 2.45) is 5.10 Å². The normalized spacial score (nSPS) is 14.6. The number of amides is 2. The fraction of sp³-hybridized carbons (Fsp3) is 0.250. The zero-order valence-electron chi connectivity index (χ0n) is 10.2. The van der Waals surface area contributed by atoms with Crippen molar-refractivity contribution in [3.63, 3.8) is 0 Å². The standard InChI is InChI=1S/C12H11F2N3O3/c13-12(14)20-8-3-1-7(2-4-8)15-11(19)9-5-6-10(18)17-16-9/h1-4,12H,5-6H2,(H,15,19)(H,17,18). The van der Waals surface area contributed by atoms with Crippen LogP contribution in [-0.4, -0.2) is 24.1 Å². The molecular formula is C12H11F2N3O3. The topological polar surface area (TPSA) is 79.8 Å². The molecule has 0 spiro atoms. The van der Waals surface area contributed by atoms with E-state index in [9.17, 15) is 18.4 Å². The number of ether oxygens (including phenoxy) is 1. The number of hydrogen-bond acceptors (Lipinski definition) is 4. The Morgan fingerprint density at radius 2 is 2.00 bits per heavy atom. The zero-order valence-corrected chi connectivity index (χ0v) is 10.2. The number of alkyl halides is 2. The summed E-state index contributed by atoms with van der Waals surface area (Å²) in [5.41, 5.74) is 2.83. The monoisotopic (exact) mass is 283 g/mol. The van der Waals surface area contributed by atoms with Crippen LogP contribution in [0.3, 0.4) is 0 Å². The van der Waals surface area contributed by atoms with Crippen molar-refractivity contribution < 1.29 is 23.1 Å². The fourth-order valence-electron chi connectivity index (χ4n) is 1.56. The maximum absolute atomic E-state index is 12.0. The summed E-state index contributed by atoms with van der Waals surface area (Å²) in [6.07, 6.45) is 0.456. The Kier molecular flexibility index (Phi) is 4.24. The maximum atomic E-state index is 12.0. The lowest BCUT2D eigenvalue weighted by molar-refractivity contribution is -0.121. The first kappa shape index (κ1) is 13.9. The lowest BCUT2D eigenvalue weighted by Crippen LogP contribution is -2.32. The number of benzene rings is 1. The SMILES string of the molecule is O=C1CCC(C(=O)Nc2ccc(OC(F)F)cc2)=NN1. The summed E-state index contributed by atoms with van der Waals surface area (Å²) in [5.74, 6) is -0.692. The van der Waals surface area contributed by atoms with Crippen LogP contribution in [0.2, 0.25) is 0 Å². The number of hydrogen-bond donors (Lipinski definition) is 2. The minimum Gasteiger partial charge on any atom is -0.435 e. The molecule has 20 heavy (non-hydrogen) atoms. The fourth-order valence-corrected chi connectivity index (χ4v) is 1.56. The van der Waals surface area contributed by atoms with Gasteiger partial charge in [0, 0.05) is 18.5 Å². The second kappa shape index (κ2) is 6.09. The molecule has 0 bridgehead atoms. The lowest BCUT2D eigenvalue weighted by Gasteiger charge is -2.12. The maximum Gasteiger partial charge on any atom is 0.387 e. The van der Waals surface area contributed by atoms with Crippen LogP contribution >= 0.6 is 0 Å². The van der Waals surface area contributed by atoms with Crippen LogP contribution in [0.4, 0.5) is 14.5 Å². The summed E-state index contributed by atoms with van der Waals surface area (Å²) in [6, 6.07) is 5.48. The Balaban J connectivity index is 1.96. The van der Waals surface area contributed by atoms with Gasteiger partial charge in [-0.15, -0.1) is 0 Å². The van der Waals surface area contributed by atoms with Gasteiger partial charge in [-0.25, -0.2) is 5.43 Å². The summed E-state index contributed by atoms with van der Waals surface area (Å²) in [7, 11) is 0. The molecule has 106 valence electrons. The van der Waals surface area contributed by atoms with Crippen molar-refractivity contribution in [2.75, 3.05) is 5.32 Å². The third-order valence-corrected chi connectivity index (χ3v) is 2.50. The van der Waals surface area contributed by atoms with E-state index >= 15 is 0 Å². The molecule has 1 aliphatic rings. The van der Waals surface area contributed by atoms with Gasteiger partial charge >= 0.3 is 6.61 Å². The minimum absolute atomic E-state index is 0.000249. The van der Waals surface area contributed by atoms with Gasteiger partial charge in [-0.3, -0.25) is 9.59 Å². The molecular weight excluding hydrogens is 272 g/mol. The van der Waals surface area contributed by atoms with Crippen molar-refractivity contribution >= 4 is 23.2 Å². The van der Waals surface area contributed by atoms with Crippen molar-refractivity contribution in [3.8, 4) is 5.75 Å². The molecule has 6 nitrogen and oxygen atoms in total. The number of halogens is 2. The van der Waals surface area contributed by atoms with E-state index in [2.05, 4.69) is 20.6 Å². The molecule has 0 saturated heterocycles. The van der Waals surface area contributed by atoms with E-state index in [1.165, 1.54) is 24.3 Å². The van der Waals surface area contributed by atoms with Crippen LogP contribution in [-0.2, 0) is 9.59 Å². The first-order chi connectivity index (χ1) is 9.54. The average Bonchev–Trinajstić information content (AvgIpc) is 2.41. The quantitative estimate of drug-likeness (QED) is 0.878. The van der Waals surface area contributed by atoms with E-state index in [0.717, 1.165) is 0 Å². The highest BCUT2D eigenvalue weighted by Crippen LogP contribution is 2.17. The van der Waals surface area contributed by atoms with Crippen LogP contribution in [0.15, 0.2) is 29.4 Å². The highest BCUT2D eigenvalue weighted by atomic mass is 19.3. The first-order valence-corrected chi connectivity index (χ1v) is 5.76. The molecule has 1 aromatic carbocycles. The number of nitrogens with zero attached hydrogens (tertiary/aromatic N) is 1. The van der Waals surface area contributed by atoms with Gasteiger partial charge in [-0.2, -0.15) is 13.9 Å². The Bertz CT molecular complexity index is 543. The number of hydrazone groups is 1. The van der Waals surface area contributed by atoms with Gasteiger partial charge in [0.2, 0.25) is 5.91 Å². The number of carbonyl (C=O) groups excluding carboxylic acids is 2. The van der Waals surface area contributed by atoms with Gasteiger partial charge in [0.05, 0.1) is 0 Å². The van der Waals surface area contributed by atoms with E-state index in [1.807, 2.05) is 0 Å². The van der Waals surface area contributed by atoms with Gasteiger partial charge < -0.3 is 10.1 Å². The predicted octanol–water partition coefficient (Wildman–Crippen LogP) is 1.49. The molecule has 0 aliphatic carbocycles.